The average molecular weight is 218 g/mol. The van der Waals surface area contributed by atoms with Crippen molar-refractivity contribution in [3.05, 3.63) is 30.2 Å². The standard InChI is InChI=1S/C11H14N4O/c1-12-7-4-6-10-14-11(16-15-10)9-5-2-3-8-13-9/h2-3,5,8,12H,4,6-7H2,1H3. The van der Waals surface area contributed by atoms with Crippen LogP contribution in [0, 0.1) is 0 Å². The molecule has 2 aromatic heterocycles. The molecule has 2 heterocycles. The molecule has 0 radical (unpaired) electrons. The van der Waals surface area contributed by atoms with Crippen molar-refractivity contribution >= 4 is 0 Å². The number of hydrogen-bond acceptors (Lipinski definition) is 5. The Labute approximate surface area is 93.9 Å². The van der Waals surface area contributed by atoms with Gasteiger partial charge in [-0.25, -0.2) is 0 Å². The number of aromatic nitrogens is 3. The molecule has 0 aliphatic heterocycles. The van der Waals surface area contributed by atoms with Crippen LogP contribution in [0.1, 0.15) is 12.2 Å². The second kappa shape index (κ2) is 5.37. The second-order valence-corrected chi connectivity index (χ2v) is 3.44. The van der Waals surface area contributed by atoms with Gasteiger partial charge in [-0.05, 0) is 32.1 Å². The van der Waals surface area contributed by atoms with Gasteiger partial charge in [0.2, 0.25) is 0 Å². The fourth-order valence-electron chi connectivity index (χ4n) is 1.37. The normalized spacial score (nSPS) is 10.6. The summed E-state index contributed by atoms with van der Waals surface area (Å²) in [6.45, 7) is 0.952. The van der Waals surface area contributed by atoms with E-state index in [9.17, 15) is 0 Å². The summed E-state index contributed by atoms with van der Waals surface area (Å²) in [5.41, 5.74) is 0.717. The number of nitrogens with one attached hydrogen (secondary N) is 1. The van der Waals surface area contributed by atoms with Crippen LogP contribution >= 0.6 is 0 Å². The van der Waals surface area contributed by atoms with Crippen LogP contribution in [-0.4, -0.2) is 28.7 Å². The van der Waals surface area contributed by atoms with Crippen LogP contribution in [0.25, 0.3) is 11.6 Å². The molecule has 0 saturated carbocycles. The summed E-state index contributed by atoms with van der Waals surface area (Å²) in [5.74, 6) is 1.22. The van der Waals surface area contributed by atoms with Crippen LogP contribution < -0.4 is 5.32 Å². The van der Waals surface area contributed by atoms with Gasteiger partial charge in [0.1, 0.15) is 5.69 Å². The lowest BCUT2D eigenvalue weighted by Gasteiger charge is -1.93. The van der Waals surface area contributed by atoms with Crippen LogP contribution in [0.2, 0.25) is 0 Å². The van der Waals surface area contributed by atoms with Crippen LogP contribution in [0.4, 0.5) is 0 Å². The van der Waals surface area contributed by atoms with E-state index in [0.29, 0.717) is 5.89 Å². The molecular weight excluding hydrogens is 204 g/mol. The highest BCUT2D eigenvalue weighted by Gasteiger charge is 2.08. The van der Waals surface area contributed by atoms with E-state index < -0.39 is 0 Å². The lowest BCUT2D eigenvalue weighted by atomic mass is 10.3. The Bertz CT molecular complexity index is 427. The summed E-state index contributed by atoms with van der Waals surface area (Å²) in [4.78, 5) is 8.43. The molecule has 2 rings (SSSR count). The van der Waals surface area contributed by atoms with Crippen LogP contribution in [0.15, 0.2) is 28.9 Å². The summed E-state index contributed by atoms with van der Waals surface area (Å²) in [6.07, 6.45) is 3.52. The first kappa shape index (κ1) is 10.8. The van der Waals surface area contributed by atoms with Crippen molar-refractivity contribution in [1.82, 2.24) is 20.4 Å². The van der Waals surface area contributed by atoms with Crippen LogP contribution in [0.5, 0.6) is 0 Å². The fourth-order valence-corrected chi connectivity index (χ4v) is 1.37. The molecule has 0 atom stereocenters. The van der Waals surface area contributed by atoms with Gasteiger partial charge in [-0.15, -0.1) is 0 Å². The maximum Gasteiger partial charge on any atom is 0.276 e. The van der Waals surface area contributed by atoms with E-state index >= 15 is 0 Å². The quantitative estimate of drug-likeness (QED) is 0.766. The molecule has 5 heteroatoms. The van der Waals surface area contributed by atoms with Crippen LogP contribution in [-0.2, 0) is 6.42 Å². The summed E-state index contributed by atoms with van der Waals surface area (Å²) in [7, 11) is 1.93. The Balaban J connectivity index is 2.02. The maximum atomic E-state index is 5.14. The van der Waals surface area contributed by atoms with Crippen molar-refractivity contribution in [1.29, 1.82) is 0 Å². The predicted molar refractivity (Wildman–Crippen MR) is 59.8 cm³/mol. The molecule has 0 fully saturated rings. The highest BCUT2D eigenvalue weighted by atomic mass is 16.5. The van der Waals surface area contributed by atoms with Crippen molar-refractivity contribution in [2.45, 2.75) is 12.8 Å². The monoisotopic (exact) mass is 218 g/mol. The number of aryl methyl sites for hydroxylation is 1. The van der Waals surface area contributed by atoms with Crippen molar-refractivity contribution in [2.24, 2.45) is 0 Å². The van der Waals surface area contributed by atoms with Gasteiger partial charge < -0.3 is 9.84 Å². The van der Waals surface area contributed by atoms with Gasteiger partial charge in [0.05, 0.1) is 0 Å². The summed E-state index contributed by atoms with van der Waals surface area (Å²) in [6, 6.07) is 5.60. The molecule has 0 unspecified atom stereocenters. The summed E-state index contributed by atoms with van der Waals surface area (Å²) >= 11 is 0. The first-order valence-electron chi connectivity index (χ1n) is 5.29. The Morgan fingerprint density at radius 1 is 1.38 bits per heavy atom. The first-order chi connectivity index (χ1) is 7.90. The zero-order valence-corrected chi connectivity index (χ0v) is 9.18. The SMILES string of the molecule is CNCCCc1noc(-c2ccccn2)n1. The highest BCUT2D eigenvalue weighted by Crippen LogP contribution is 2.13. The molecule has 2 aromatic rings. The molecule has 16 heavy (non-hydrogen) atoms. The number of pyridine rings is 1. The Kier molecular flexibility index (Phi) is 3.61. The van der Waals surface area contributed by atoms with E-state index in [2.05, 4.69) is 20.4 Å². The molecule has 0 aliphatic carbocycles. The van der Waals surface area contributed by atoms with Crippen molar-refractivity contribution in [2.75, 3.05) is 13.6 Å². The van der Waals surface area contributed by atoms with Crippen molar-refractivity contribution < 1.29 is 4.52 Å². The molecule has 0 saturated heterocycles. The molecular formula is C11H14N4O. The summed E-state index contributed by atoms with van der Waals surface area (Å²) in [5, 5.41) is 6.99. The third-order valence-corrected chi connectivity index (χ3v) is 2.18. The molecule has 0 aromatic carbocycles. The molecule has 0 aliphatic rings. The number of nitrogens with zero attached hydrogens (tertiary/aromatic N) is 3. The average Bonchev–Trinajstić information content (AvgIpc) is 2.79. The molecule has 84 valence electrons. The zero-order chi connectivity index (χ0) is 11.2. The molecule has 0 spiro atoms. The third kappa shape index (κ3) is 2.64. The Morgan fingerprint density at radius 2 is 2.31 bits per heavy atom. The Hall–Kier alpha value is -1.75. The van der Waals surface area contributed by atoms with Crippen molar-refractivity contribution in [3.8, 4) is 11.6 Å². The largest absolute Gasteiger partial charge is 0.332 e. The van der Waals surface area contributed by atoms with Gasteiger partial charge >= 0.3 is 0 Å². The molecule has 1 N–H and O–H groups in total. The zero-order valence-electron chi connectivity index (χ0n) is 9.18. The molecule has 5 nitrogen and oxygen atoms in total. The van der Waals surface area contributed by atoms with E-state index in [1.807, 2.05) is 25.2 Å². The van der Waals surface area contributed by atoms with Crippen molar-refractivity contribution in [3.63, 3.8) is 0 Å². The van der Waals surface area contributed by atoms with Gasteiger partial charge in [0, 0.05) is 12.6 Å². The van der Waals surface area contributed by atoms with E-state index in [1.165, 1.54) is 0 Å². The smallest absolute Gasteiger partial charge is 0.276 e. The van der Waals surface area contributed by atoms with Gasteiger partial charge in [0.15, 0.2) is 5.82 Å². The number of hydrogen-bond donors (Lipinski definition) is 1. The Morgan fingerprint density at radius 3 is 3.06 bits per heavy atom. The van der Waals surface area contributed by atoms with E-state index in [-0.39, 0.29) is 0 Å². The number of rotatable bonds is 5. The minimum Gasteiger partial charge on any atom is -0.332 e. The van der Waals surface area contributed by atoms with Gasteiger partial charge in [-0.2, -0.15) is 4.98 Å². The predicted octanol–water partition coefficient (Wildman–Crippen LogP) is 1.28. The highest BCUT2D eigenvalue weighted by molar-refractivity contribution is 5.45. The fraction of sp³-hybridized carbons (Fsp3) is 0.364. The lowest BCUT2D eigenvalue weighted by Crippen LogP contribution is -2.08. The van der Waals surface area contributed by atoms with Gasteiger partial charge in [0.25, 0.3) is 5.89 Å². The third-order valence-electron chi connectivity index (χ3n) is 2.18. The molecule has 0 bridgehead atoms. The van der Waals surface area contributed by atoms with Gasteiger partial charge in [-0.3, -0.25) is 4.98 Å². The topological polar surface area (TPSA) is 63.8 Å². The van der Waals surface area contributed by atoms with E-state index in [1.54, 1.807) is 6.20 Å². The summed E-state index contributed by atoms with van der Waals surface area (Å²) < 4.78 is 5.14. The minimum absolute atomic E-state index is 0.486. The lowest BCUT2D eigenvalue weighted by molar-refractivity contribution is 0.420. The second-order valence-electron chi connectivity index (χ2n) is 3.44. The van der Waals surface area contributed by atoms with Gasteiger partial charge in [-0.1, -0.05) is 11.2 Å². The minimum atomic E-state index is 0.486. The first-order valence-corrected chi connectivity index (χ1v) is 5.29. The molecule has 0 amide bonds. The maximum absolute atomic E-state index is 5.14. The van der Waals surface area contributed by atoms with E-state index in [4.69, 9.17) is 4.52 Å². The van der Waals surface area contributed by atoms with E-state index in [0.717, 1.165) is 30.9 Å². The van der Waals surface area contributed by atoms with Crippen LogP contribution in [0.3, 0.4) is 0 Å².